The maximum Gasteiger partial charge on any atom is 0.230 e. The van der Waals surface area contributed by atoms with Crippen molar-refractivity contribution in [2.24, 2.45) is 0 Å². The lowest BCUT2D eigenvalue weighted by Crippen LogP contribution is -2.29. The summed E-state index contributed by atoms with van der Waals surface area (Å²) in [4.78, 5) is 12.2. The minimum Gasteiger partial charge on any atom is -0.496 e. The Bertz CT molecular complexity index is 703. The maximum absolute atomic E-state index is 12.9. The van der Waals surface area contributed by atoms with E-state index in [-0.39, 0.29) is 17.8 Å². The molecule has 0 spiro atoms. The number of rotatable bonds is 8. The van der Waals surface area contributed by atoms with Crippen LogP contribution in [0.5, 0.6) is 5.75 Å². The Balaban J connectivity index is 1.86. The van der Waals surface area contributed by atoms with E-state index in [0.29, 0.717) is 11.5 Å². The molecule has 1 amide bonds. The van der Waals surface area contributed by atoms with Gasteiger partial charge in [-0.05, 0) is 48.2 Å². The summed E-state index contributed by atoms with van der Waals surface area (Å²) in [5.74, 6) is 1.68. The summed E-state index contributed by atoms with van der Waals surface area (Å²) in [7, 11) is 1.65. The highest BCUT2D eigenvalue weighted by molar-refractivity contribution is 7.99. The van der Waals surface area contributed by atoms with Crippen LogP contribution in [0.4, 0.5) is 4.39 Å². The quantitative estimate of drug-likeness (QED) is 0.744. The van der Waals surface area contributed by atoms with Crippen molar-refractivity contribution in [3.63, 3.8) is 0 Å². The zero-order valence-corrected chi connectivity index (χ0v) is 15.7. The van der Waals surface area contributed by atoms with E-state index in [1.807, 2.05) is 19.1 Å². The number of methoxy groups -OCH3 is 1. The molecule has 0 fully saturated rings. The van der Waals surface area contributed by atoms with Gasteiger partial charge in [-0.15, -0.1) is 11.8 Å². The topological polar surface area (TPSA) is 38.3 Å². The second-order valence-corrected chi connectivity index (χ2v) is 6.86. The molecule has 0 unspecified atom stereocenters. The molecule has 2 aromatic carbocycles. The van der Waals surface area contributed by atoms with Gasteiger partial charge in [0.15, 0.2) is 0 Å². The molecule has 2 rings (SSSR count). The van der Waals surface area contributed by atoms with Gasteiger partial charge in [0, 0.05) is 5.75 Å². The first-order chi connectivity index (χ1) is 12.0. The van der Waals surface area contributed by atoms with Gasteiger partial charge in [0.25, 0.3) is 0 Å². The molecular weight excluding hydrogens is 337 g/mol. The molecule has 0 aliphatic carbocycles. The number of thioether (sulfide) groups is 1. The van der Waals surface area contributed by atoms with Gasteiger partial charge < -0.3 is 10.1 Å². The highest BCUT2D eigenvalue weighted by Crippen LogP contribution is 2.24. The summed E-state index contributed by atoms with van der Waals surface area (Å²) in [5, 5.41) is 3.08. The molecule has 5 heteroatoms. The number of ether oxygens (including phenoxy) is 1. The molecule has 0 aliphatic rings. The van der Waals surface area contributed by atoms with Crippen LogP contribution in [-0.2, 0) is 10.5 Å². The molecule has 3 nitrogen and oxygen atoms in total. The molecule has 0 heterocycles. The van der Waals surface area contributed by atoms with Crippen LogP contribution >= 0.6 is 11.8 Å². The number of aryl methyl sites for hydroxylation is 1. The number of hydrogen-bond acceptors (Lipinski definition) is 3. The molecule has 2 aromatic rings. The Labute approximate surface area is 153 Å². The molecule has 25 heavy (non-hydrogen) atoms. The van der Waals surface area contributed by atoms with E-state index in [1.54, 1.807) is 19.2 Å². The zero-order chi connectivity index (χ0) is 18.2. The summed E-state index contributed by atoms with van der Waals surface area (Å²) >= 11 is 1.52. The van der Waals surface area contributed by atoms with Crippen LogP contribution in [0.15, 0.2) is 42.5 Å². The fourth-order valence-corrected chi connectivity index (χ4v) is 3.42. The first kappa shape index (κ1) is 19.3. The Kier molecular flexibility index (Phi) is 7.31. The fraction of sp³-hybridized carbons (Fsp3) is 0.350. The molecule has 0 saturated carbocycles. The van der Waals surface area contributed by atoms with Gasteiger partial charge in [0.2, 0.25) is 5.91 Å². The van der Waals surface area contributed by atoms with E-state index in [9.17, 15) is 9.18 Å². The first-order valence-electron chi connectivity index (χ1n) is 8.29. The Morgan fingerprint density at radius 2 is 1.96 bits per heavy atom. The SMILES string of the molecule is CC[C@H](NC(=O)CSCc1ccc(F)cc1)c1ccc(OC)c(C)c1. The van der Waals surface area contributed by atoms with Crippen molar-refractivity contribution in [1.29, 1.82) is 0 Å². The minimum atomic E-state index is -0.243. The molecule has 134 valence electrons. The number of benzene rings is 2. The van der Waals surface area contributed by atoms with Gasteiger partial charge in [-0.1, -0.05) is 31.2 Å². The van der Waals surface area contributed by atoms with Crippen molar-refractivity contribution in [3.05, 3.63) is 65.0 Å². The minimum absolute atomic E-state index is 0.00688. The van der Waals surface area contributed by atoms with Crippen LogP contribution < -0.4 is 10.1 Å². The number of amides is 1. The molecule has 0 saturated heterocycles. The number of carbonyl (C=O) groups is 1. The Hall–Kier alpha value is -2.01. The average molecular weight is 361 g/mol. The van der Waals surface area contributed by atoms with E-state index in [4.69, 9.17) is 4.74 Å². The van der Waals surface area contributed by atoms with Gasteiger partial charge in [-0.2, -0.15) is 0 Å². The second kappa shape index (κ2) is 9.47. The van der Waals surface area contributed by atoms with E-state index in [2.05, 4.69) is 18.3 Å². The van der Waals surface area contributed by atoms with Gasteiger partial charge in [0.05, 0.1) is 18.9 Å². The Morgan fingerprint density at radius 1 is 1.24 bits per heavy atom. The smallest absolute Gasteiger partial charge is 0.230 e. The van der Waals surface area contributed by atoms with E-state index >= 15 is 0 Å². The summed E-state index contributed by atoms with van der Waals surface area (Å²) in [6.07, 6.45) is 0.820. The molecule has 0 radical (unpaired) electrons. The highest BCUT2D eigenvalue weighted by Gasteiger charge is 2.14. The third-order valence-electron chi connectivity index (χ3n) is 3.98. The second-order valence-electron chi connectivity index (χ2n) is 5.88. The van der Waals surface area contributed by atoms with Crippen molar-refractivity contribution < 1.29 is 13.9 Å². The summed E-state index contributed by atoms with van der Waals surface area (Å²) in [6, 6.07) is 12.3. The zero-order valence-electron chi connectivity index (χ0n) is 14.8. The first-order valence-corrected chi connectivity index (χ1v) is 9.45. The normalized spacial score (nSPS) is 11.8. The number of hydrogen-bond donors (Lipinski definition) is 1. The lowest BCUT2D eigenvalue weighted by molar-refractivity contribution is -0.119. The van der Waals surface area contributed by atoms with E-state index in [0.717, 1.165) is 28.9 Å². The lowest BCUT2D eigenvalue weighted by Gasteiger charge is -2.19. The van der Waals surface area contributed by atoms with Gasteiger partial charge in [-0.3, -0.25) is 4.79 Å². The third-order valence-corrected chi connectivity index (χ3v) is 4.98. The van der Waals surface area contributed by atoms with Gasteiger partial charge in [-0.25, -0.2) is 4.39 Å². The molecule has 1 N–H and O–H groups in total. The average Bonchev–Trinajstić information content (AvgIpc) is 2.61. The van der Waals surface area contributed by atoms with Crippen molar-refractivity contribution >= 4 is 17.7 Å². The maximum atomic E-state index is 12.9. The van der Waals surface area contributed by atoms with Gasteiger partial charge >= 0.3 is 0 Å². The summed E-state index contributed by atoms with van der Waals surface area (Å²) in [6.45, 7) is 4.05. The number of halogens is 1. The predicted octanol–water partition coefficient (Wildman–Crippen LogP) is 4.64. The summed E-state index contributed by atoms with van der Waals surface area (Å²) < 4.78 is 18.2. The van der Waals surface area contributed by atoms with Crippen LogP contribution in [0.25, 0.3) is 0 Å². The third kappa shape index (κ3) is 5.78. The predicted molar refractivity (Wildman–Crippen MR) is 101 cm³/mol. The van der Waals surface area contributed by atoms with Crippen LogP contribution in [0, 0.1) is 12.7 Å². The van der Waals surface area contributed by atoms with E-state index in [1.165, 1.54) is 23.9 Å². The monoisotopic (exact) mass is 361 g/mol. The fourth-order valence-electron chi connectivity index (χ4n) is 2.62. The molecule has 0 bridgehead atoms. The number of carbonyl (C=O) groups excluding carboxylic acids is 1. The lowest BCUT2D eigenvalue weighted by atomic mass is 10.0. The molecule has 1 atom stereocenters. The van der Waals surface area contributed by atoms with Crippen molar-refractivity contribution in [2.75, 3.05) is 12.9 Å². The Morgan fingerprint density at radius 3 is 2.56 bits per heavy atom. The van der Waals surface area contributed by atoms with Crippen LogP contribution in [0.2, 0.25) is 0 Å². The molecule has 0 aliphatic heterocycles. The van der Waals surface area contributed by atoms with Crippen LogP contribution in [0.3, 0.4) is 0 Å². The standard InChI is InChI=1S/C20H24FNO2S/c1-4-18(16-7-10-19(24-3)14(2)11-16)22-20(23)13-25-12-15-5-8-17(21)9-6-15/h5-11,18H,4,12-13H2,1-3H3,(H,22,23)/t18-/m0/s1. The molecular formula is C20H24FNO2S. The van der Waals surface area contributed by atoms with Crippen molar-refractivity contribution in [1.82, 2.24) is 5.32 Å². The molecule has 0 aromatic heterocycles. The largest absolute Gasteiger partial charge is 0.496 e. The van der Waals surface area contributed by atoms with Crippen molar-refractivity contribution in [3.8, 4) is 5.75 Å². The summed E-state index contributed by atoms with van der Waals surface area (Å²) in [5.41, 5.74) is 3.15. The number of nitrogens with one attached hydrogen (secondary N) is 1. The van der Waals surface area contributed by atoms with Gasteiger partial charge in [0.1, 0.15) is 11.6 Å². The van der Waals surface area contributed by atoms with E-state index < -0.39 is 0 Å². The highest BCUT2D eigenvalue weighted by atomic mass is 32.2. The van der Waals surface area contributed by atoms with Crippen LogP contribution in [0.1, 0.15) is 36.1 Å². The van der Waals surface area contributed by atoms with Crippen LogP contribution in [-0.4, -0.2) is 18.8 Å². The van der Waals surface area contributed by atoms with Crippen molar-refractivity contribution in [2.45, 2.75) is 32.1 Å².